The topological polar surface area (TPSA) is 30.2 Å². The Labute approximate surface area is 70.8 Å². The van der Waals surface area contributed by atoms with Crippen molar-refractivity contribution in [2.45, 2.75) is 6.42 Å². The predicted octanol–water partition coefficient (Wildman–Crippen LogP) is 1.07. The molecular weight excluding hydrogens is 158 g/mol. The van der Waals surface area contributed by atoms with Gasteiger partial charge >= 0.3 is 0 Å². The highest BCUT2D eigenvalue weighted by Crippen LogP contribution is 1.96. The third kappa shape index (κ3) is 2.26. The molecule has 0 unspecified atom stereocenters. The molecule has 0 spiro atoms. The zero-order valence-corrected chi connectivity index (χ0v) is 7.14. The number of rotatable bonds is 3. The molecule has 4 heteroatoms. The molecule has 0 saturated carbocycles. The Morgan fingerprint density at radius 3 is 3.18 bits per heavy atom. The summed E-state index contributed by atoms with van der Waals surface area (Å²) in [6.07, 6.45) is 2.65. The maximum absolute atomic E-state index is 4.44. The second-order valence-corrected chi connectivity index (χ2v) is 2.35. The Morgan fingerprint density at radius 2 is 2.64 bits per heavy atom. The molecule has 0 radical (unpaired) electrons. The first-order valence-corrected chi connectivity index (χ1v) is 3.76. The molecule has 0 saturated heterocycles. The van der Waals surface area contributed by atoms with E-state index in [1.165, 1.54) is 5.69 Å². The van der Waals surface area contributed by atoms with Gasteiger partial charge in [-0.2, -0.15) is 5.10 Å². The van der Waals surface area contributed by atoms with Crippen LogP contribution >= 0.6 is 12.2 Å². The van der Waals surface area contributed by atoms with Gasteiger partial charge in [-0.05, 0) is 18.3 Å². The van der Waals surface area contributed by atoms with Gasteiger partial charge in [0.1, 0.15) is 0 Å². The number of isothiocyanates is 1. The van der Waals surface area contributed by atoms with Crippen LogP contribution in [0.2, 0.25) is 0 Å². The fourth-order valence-corrected chi connectivity index (χ4v) is 0.954. The molecule has 0 bridgehead atoms. The second-order valence-electron chi connectivity index (χ2n) is 2.17. The predicted molar refractivity (Wildman–Crippen MR) is 46.8 cm³/mol. The monoisotopic (exact) mass is 167 g/mol. The highest BCUT2D eigenvalue weighted by molar-refractivity contribution is 7.78. The SMILES string of the molecule is Cn1nccc1CCN=C=S. The van der Waals surface area contributed by atoms with Gasteiger partial charge in [0.2, 0.25) is 0 Å². The number of aryl methyl sites for hydroxylation is 1. The van der Waals surface area contributed by atoms with Crippen LogP contribution < -0.4 is 0 Å². The third-order valence-corrected chi connectivity index (χ3v) is 1.60. The Hall–Kier alpha value is -0.990. The van der Waals surface area contributed by atoms with Crippen LogP contribution in [-0.2, 0) is 13.5 Å². The summed E-state index contributed by atoms with van der Waals surface area (Å²) in [6.45, 7) is 0.697. The van der Waals surface area contributed by atoms with Gasteiger partial charge in [-0.15, -0.1) is 0 Å². The van der Waals surface area contributed by atoms with Crippen LogP contribution in [0.25, 0.3) is 0 Å². The van der Waals surface area contributed by atoms with Crippen molar-refractivity contribution in [2.75, 3.05) is 6.54 Å². The number of hydrogen-bond donors (Lipinski definition) is 0. The minimum absolute atomic E-state index is 0.697. The van der Waals surface area contributed by atoms with Gasteiger partial charge < -0.3 is 0 Å². The first kappa shape index (κ1) is 8.11. The van der Waals surface area contributed by atoms with Crippen molar-refractivity contribution in [3.63, 3.8) is 0 Å². The molecule has 0 atom stereocenters. The molecular formula is C7H9N3S. The molecule has 1 aromatic rings. The van der Waals surface area contributed by atoms with Gasteiger partial charge in [-0.1, -0.05) is 0 Å². The highest BCUT2D eigenvalue weighted by Gasteiger charge is 1.95. The highest BCUT2D eigenvalue weighted by atomic mass is 32.1. The lowest BCUT2D eigenvalue weighted by Gasteiger charge is -1.96. The van der Waals surface area contributed by atoms with Crippen molar-refractivity contribution in [1.29, 1.82) is 0 Å². The first-order chi connectivity index (χ1) is 5.34. The van der Waals surface area contributed by atoms with Crippen molar-refractivity contribution in [2.24, 2.45) is 12.0 Å². The van der Waals surface area contributed by atoms with Crippen LogP contribution in [0.1, 0.15) is 5.69 Å². The molecule has 1 aromatic heterocycles. The molecule has 0 aliphatic carbocycles. The molecule has 1 heterocycles. The van der Waals surface area contributed by atoms with Crippen molar-refractivity contribution in [1.82, 2.24) is 9.78 Å². The summed E-state index contributed by atoms with van der Waals surface area (Å²) in [5, 5.41) is 6.35. The lowest BCUT2D eigenvalue weighted by molar-refractivity contribution is 0.707. The van der Waals surface area contributed by atoms with E-state index < -0.39 is 0 Å². The van der Waals surface area contributed by atoms with E-state index in [0.29, 0.717) is 6.54 Å². The summed E-state index contributed by atoms with van der Waals surface area (Å²) in [6, 6.07) is 1.97. The molecule has 0 fully saturated rings. The quantitative estimate of drug-likeness (QED) is 0.498. The number of nitrogens with zero attached hydrogens (tertiary/aromatic N) is 3. The molecule has 0 amide bonds. The van der Waals surface area contributed by atoms with Crippen LogP contribution in [-0.4, -0.2) is 21.5 Å². The van der Waals surface area contributed by atoms with E-state index in [-0.39, 0.29) is 0 Å². The van der Waals surface area contributed by atoms with E-state index in [4.69, 9.17) is 0 Å². The standard InChI is InChI=1S/C7H9N3S/c1-10-7(3-5-9-10)2-4-8-6-11/h3,5H,2,4H2,1H3. The van der Waals surface area contributed by atoms with Gasteiger partial charge in [0.05, 0.1) is 11.7 Å². The summed E-state index contributed by atoms with van der Waals surface area (Å²) < 4.78 is 1.83. The van der Waals surface area contributed by atoms with Gasteiger partial charge in [0, 0.05) is 25.4 Å². The van der Waals surface area contributed by atoms with Gasteiger partial charge in [-0.25, -0.2) is 4.99 Å². The maximum Gasteiger partial charge on any atom is 0.0585 e. The summed E-state index contributed by atoms with van der Waals surface area (Å²) in [5.41, 5.74) is 1.17. The lowest BCUT2D eigenvalue weighted by atomic mass is 10.3. The van der Waals surface area contributed by atoms with E-state index in [0.717, 1.165) is 6.42 Å². The third-order valence-electron chi connectivity index (χ3n) is 1.47. The van der Waals surface area contributed by atoms with Gasteiger partial charge in [-0.3, -0.25) is 4.68 Å². The minimum atomic E-state index is 0.697. The molecule has 11 heavy (non-hydrogen) atoms. The van der Waals surface area contributed by atoms with Gasteiger partial charge in [0.15, 0.2) is 0 Å². The zero-order valence-electron chi connectivity index (χ0n) is 6.32. The van der Waals surface area contributed by atoms with Crippen LogP contribution in [0.5, 0.6) is 0 Å². The Kier molecular flexibility index (Phi) is 2.95. The first-order valence-electron chi connectivity index (χ1n) is 3.35. The molecule has 0 aliphatic rings. The van der Waals surface area contributed by atoms with E-state index in [1.807, 2.05) is 17.8 Å². The summed E-state index contributed by atoms with van der Waals surface area (Å²) in [5.74, 6) is 0. The fraction of sp³-hybridized carbons (Fsp3) is 0.429. The molecule has 0 aliphatic heterocycles. The van der Waals surface area contributed by atoms with Crippen LogP contribution in [0.4, 0.5) is 0 Å². The molecule has 3 nitrogen and oxygen atoms in total. The van der Waals surface area contributed by atoms with E-state index >= 15 is 0 Å². The minimum Gasteiger partial charge on any atom is -0.273 e. The molecule has 0 aromatic carbocycles. The van der Waals surface area contributed by atoms with Crippen LogP contribution in [0.15, 0.2) is 17.3 Å². The van der Waals surface area contributed by atoms with Gasteiger partial charge in [0.25, 0.3) is 0 Å². The largest absolute Gasteiger partial charge is 0.273 e. The molecule has 58 valence electrons. The zero-order chi connectivity index (χ0) is 8.10. The Bertz CT molecular complexity index is 273. The lowest BCUT2D eigenvalue weighted by Crippen LogP contribution is -1.99. The number of aromatic nitrogens is 2. The smallest absolute Gasteiger partial charge is 0.0585 e. The summed E-state index contributed by atoms with van der Waals surface area (Å²) >= 11 is 4.44. The summed E-state index contributed by atoms with van der Waals surface area (Å²) in [4.78, 5) is 3.81. The normalized spacial score (nSPS) is 9.18. The summed E-state index contributed by atoms with van der Waals surface area (Å²) in [7, 11) is 1.91. The van der Waals surface area contributed by atoms with Crippen LogP contribution in [0, 0.1) is 0 Å². The van der Waals surface area contributed by atoms with E-state index in [9.17, 15) is 0 Å². The number of aliphatic imine (C=N–C) groups is 1. The Morgan fingerprint density at radius 1 is 1.82 bits per heavy atom. The van der Waals surface area contributed by atoms with E-state index in [2.05, 4.69) is 27.5 Å². The molecule has 0 N–H and O–H groups in total. The fourth-order valence-electron chi connectivity index (χ4n) is 0.863. The maximum atomic E-state index is 4.44. The molecule has 1 rings (SSSR count). The van der Waals surface area contributed by atoms with Crippen molar-refractivity contribution >= 4 is 17.4 Å². The second kappa shape index (κ2) is 4.01. The van der Waals surface area contributed by atoms with Crippen molar-refractivity contribution in [3.8, 4) is 0 Å². The van der Waals surface area contributed by atoms with E-state index in [1.54, 1.807) is 6.20 Å². The number of thiocarbonyl (C=S) groups is 1. The number of hydrogen-bond acceptors (Lipinski definition) is 3. The van der Waals surface area contributed by atoms with Crippen molar-refractivity contribution in [3.05, 3.63) is 18.0 Å². The van der Waals surface area contributed by atoms with Crippen molar-refractivity contribution < 1.29 is 0 Å². The van der Waals surface area contributed by atoms with Crippen LogP contribution in [0.3, 0.4) is 0 Å². The average Bonchev–Trinajstić information content (AvgIpc) is 2.37. The average molecular weight is 167 g/mol. The Balaban J connectivity index is 2.50.